The summed E-state index contributed by atoms with van der Waals surface area (Å²) < 4.78 is 10.4. The maximum Gasteiger partial charge on any atom is 0.322 e. The number of ether oxygens (including phenoxy) is 1. The van der Waals surface area contributed by atoms with Crippen LogP contribution in [0.1, 0.15) is 10.6 Å². The molecule has 0 fully saturated rings. The zero-order valence-corrected chi connectivity index (χ0v) is 10.9. The predicted molar refractivity (Wildman–Crippen MR) is 75.2 cm³/mol. The molecule has 104 valence electrons. The lowest BCUT2D eigenvalue weighted by Crippen LogP contribution is -2.11. The summed E-state index contributed by atoms with van der Waals surface area (Å²) in [5.41, 5.74) is 0.455. The summed E-state index contributed by atoms with van der Waals surface area (Å²) in [6.45, 7) is 0. The van der Waals surface area contributed by atoms with Crippen molar-refractivity contribution in [2.75, 3.05) is 5.32 Å². The predicted octanol–water partition coefficient (Wildman–Crippen LogP) is 3.11. The second-order valence-corrected chi connectivity index (χ2v) is 4.10. The number of amides is 1. The molecule has 0 aliphatic rings. The van der Waals surface area contributed by atoms with Gasteiger partial charge in [0.1, 0.15) is 5.75 Å². The highest BCUT2D eigenvalue weighted by Crippen LogP contribution is 2.17. The number of nitrogens with one attached hydrogen (secondary N) is 1. The minimum atomic E-state index is -0.361. The van der Waals surface area contributed by atoms with Crippen molar-refractivity contribution in [3.8, 4) is 11.8 Å². The van der Waals surface area contributed by atoms with Crippen molar-refractivity contribution in [3.05, 3.63) is 66.9 Å². The van der Waals surface area contributed by atoms with Gasteiger partial charge in [0.05, 0.1) is 24.3 Å². The van der Waals surface area contributed by atoms with E-state index < -0.39 is 0 Å². The van der Waals surface area contributed by atoms with Crippen LogP contribution >= 0.6 is 0 Å². The first-order valence-electron chi connectivity index (χ1n) is 6.21. The summed E-state index contributed by atoms with van der Waals surface area (Å²) in [6, 6.07) is 12.6. The molecule has 2 aromatic heterocycles. The Kier molecular flexibility index (Phi) is 3.60. The van der Waals surface area contributed by atoms with Crippen molar-refractivity contribution < 1.29 is 13.9 Å². The largest absolute Gasteiger partial charge is 0.459 e. The average molecular weight is 281 g/mol. The minimum absolute atomic E-state index is 0.206. The SMILES string of the molecule is O=C(Nc1cnc(Oc2ccccc2)nc1)c1ccco1. The second kappa shape index (κ2) is 5.87. The standard InChI is InChI=1S/C15H11N3O3/c19-14(13-7-4-8-20-13)18-11-9-16-15(17-10-11)21-12-5-2-1-3-6-12/h1-10H,(H,18,19). The molecular weight excluding hydrogens is 270 g/mol. The smallest absolute Gasteiger partial charge is 0.322 e. The van der Waals surface area contributed by atoms with Crippen molar-refractivity contribution in [3.63, 3.8) is 0 Å². The van der Waals surface area contributed by atoms with Gasteiger partial charge in [-0.3, -0.25) is 4.79 Å². The Balaban J connectivity index is 1.65. The van der Waals surface area contributed by atoms with Crippen LogP contribution in [-0.4, -0.2) is 15.9 Å². The molecule has 0 radical (unpaired) electrons. The Bertz CT molecular complexity index is 710. The highest BCUT2D eigenvalue weighted by molar-refractivity contribution is 6.01. The maximum absolute atomic E-state index is 11.8. The van der Waals surface area contributed by atoms with E-state index in [0.29, 0.717) is 11.4 Å². The lowest BCUT2D eigenvalue weighted by atomic mass is 10.3. The number of furan rings is 1. The number of hydrogen-bond acceptors (Lipinski definition) is 5. The first kappa shape index (κ1) is 12.9. The van der Waals surface area contributed by atoms with E-state index in [9.17, 15) is 4.79 Å². The fraction of sp³-hybridized carbons (Fsp3) is 0. The summed E-state index contributed by atoms with van der Waals surface area (Å²) in [7, 11) is 0. The van der Waals surface area contributed by atoms with Crippen molar-refractivity contribution in [2.24, 2.45) is 0 Å². The van der Waals surface area contributed by atoms with Crippen LogP contribution in [0.15, 0.2) is 65.5 Å². The molecule has 1 aromatic carbocycles. The molecule has 0 aliphatic heterocycles. The highest BCUT2D eigenvalue weighted by atomic mass is 16.5. The van der Waals surface area contributed by atoms with Gasteiger partial charge in [-0.05, 0) is 24.3 Å². The van der Waals surface area contributed by atoms with Crippen molar-refractivity contribution in [2.45, 2.75) is 0 Å². The molecule has 3 rings (SSSR count). The van der Waals surface area contributed by atoms with E-state index in [1.54, 1.807) is 24.3 Å². The molecule has 1 N–H and O–H groups in total. The van der Waals surface area contributed by atoms with Gasteiger partial charge in [0.25, 0.3) is 5.91 Å². The van der Waals surface area contributed by atoms with Gasteiger partial charge in [-0.2, -0.15) is 0 Å². The van der Waals surface area contributed by atoms with Crippen molar-refractivity contribution in [1.29, 1.82) is 0 Å². The second-order valence-electron chi connectivity index (χ2n) is 4.10. The molecule has 3 aromatic rings. The van der Waals surface area contributed by atoms with E-state index in [-0.39, 0.29) is 17.7 Å². The average Bonchev–Trinajstić information content (AvgIpc) is 3.05. The Morgan fingerprint density at radius 1 is 1.05 bits per heavy atom. The molecule has 21 heavy (non-hydrogen) atoms. The van der Waals surface area contributed by atoms with Gasteiger partial charge in [-0.25, -0.2) is 9.97 Å². The number of rotatable bonds is 4. The van der Waals surface area contributed by atoms with Crippen LogP contribution in [0.3, 0.4) is 0 Å². The van der Waals surface area contributed by atoms with E-state index in [1.807, 2.05) is 18.2 Å². The summed E-state index contributed by atoms with van der Waals surface area (Å²) >= 11 is 0. The molecule has 1 amide bonds. The minimum Gasteiger partial charge on any atom is -0.459 e. The van der Waals surface area contributed by atoms with Crippen LogP contribution in [-0.2, 0) is 0 Å². The van der Waals surface area contributed by atoms with Gasteiger partial charge < -0.3 is 14.5 Å². The fourth-order valence-electron chi connectivity index (χ4n) is 1.63. The van der Waals surface area contributed by atoms with Crippen LogP contribution in [0.4, 0.5) is 5.69 Å². The lowest BCUT2D eigenvalue weighted by molar-refractivity contribution is 0.0996. The van der Waals surface area contributed by atoms with Crippen molar-refractivity contribution in [1.82, 2.24) is 9.97 Å². The summed E-state index contributed by atoms with van der Waals surface area (Å²) in [5.74, 6) is 0.504. The normalized spacial score (nSPS) is 10.1. The van der Waals surface area contributed by atoms with E-state index in [0.717, 1.165) is 0 Å². The molecule has 0 bridgehead atoms. The van der Waals surface area contributed by atoms with Gasteiger partial charge in [0.2, 0.25) is 0 Å². The number of para-hydroxylation sites is 1. The topological polar surface area (TPSA) is 77.2 Å². The third-order valence-electron chi connectivity index (χ3n) is 2.58. The van der Waals surface area contributed by atoms with Crippen molar-refractivity contribution >= 4 is 11.6 Å². The molecular formula is C15H11N3O3. The monoisotopic (exact) mass is 281 g/mol. The van der Waals surface area contributed by atoms with E-state index in [1.165, 1.54) is 18.7 Å². The van der Waals surface area contributed by atoms with E-state index in [2.05, 4.69) is 15.3 Å². The number of carbonyl (C=O) groups excluding carboxylic acids is 1. The van der Waals surface area contributed by atoms with Crippen LogP contribution in [0, 0.1) is 0 Å². The first-order chi connectivity index (χ1) is 10.3. The molecule has 2 heterocycles. The lowest BCUT2D eigenvalue weighted by Gasteiger charge is -2.05. The number of aromatic nitrogens is 2. The Labute approximate surface area is 120 Å². The van der Waals surface area contributed by atoms with Crippen LogP contribution in [0.25, 0.3) is 0 Å². The zero-order chi connectivity index (χ0) is 14.5. The summed E-state index contributed by atoms with van der Waals surface area (Å²) in [5, 5.41) is 2.62. The number of carbonyl (C=O) groups is 1. The summed E-state index contributed by atoms with van der Waals surface area (Å²) in [4.78, 5) is 19.8. The number of nitrogens with zero attached hydrogens (tertiary/aromatic N) is 2. The quantitative estimate of drug-likeness (QED) is 0.795. The molecule has 0 atom stereocenters. The molecule has 0 unspecified atom stereocenters. The van der Waals surface area contributed by atoms with Gasteiger partial charge in [-0.15, -0.1) is 0 Å². The molecule has 6 heteroatoms. The number of anilines is 1. The van der Waals surface area contributed by atoms with Crippen LogP contribution < -0.4 is 10.1 Å². The molecule has 6 nitrogen and oxygen atoms in total. The Morgan fingerprint density at radius 3 is 2.48 bits per heavy atom. The van der Waals surface area contributed by atoms with E-state index in [4.69, 9.17) is 9.15 Å². The molecule has 0 saturated heterocycles. The van der Waals surface area contributed by atoms with E-state index >= 15 is 0 Å². The third kappa shape index (κ3) is 3.24. The van der Waals surface area contributed by atoms with Gasteiger partial charge in [0.15, 0.2) is 5.76 Å². The van der Waals surface area contributed by atoms with Gasteiger partial charge in [0, 0.05) is 0 Å². The van der Waals surface area contributed by atoms with Gasteiger partial charge >= 0.3 is 6.01 Å². The third-order valence-corrected chi connectivity index (χ3v) is 2.58. The highest BCUT2D eigenvalue weighted by Gasteiger charge is 2.09. The Hall–Kier alpha value is -3.15. The number of hydrogen-bond donors (Lipinski definition) is 1. The fourth-order valence-corrected chi connectivity index (χ4v) is 1.63. The van der Waals surface area contributed by atoms with Crippen LogP contribution in [0.2, 0.25) is 0 Å². The van der Waals surface area contributed by atoms with Crippen LogP contribution in [0.5, 0.6) is 11.8 Å². The van der Waals surface area contributed by atoms with Gasteiger partial charge in [-0.1, -0.05) is 18.2 Å². The zero-order valence-electron chi connectivity index (χ0n) is 10.9. The summed E-state index contributed by atoms with van der Waals surface area (Å²) in [6.07, 6.45) is 4.36. The molecule has 0 saturated carbocycles. The number of benzene rings is 1. The first-order valence-corrected chi connectivity index (χ1v) is 6.21. The molecule has 0 spiro atoms. The maximum atomic E-state index is 11.8. The molecule has 0 aliphatic carbocycles. The Morgan fingerprint density at radius 2 is 1.81 bits per heavy atom.